The van der Waals surface area contributed by atoms with Gasteiger partial charge in [0.15, 0.2) is 0 Å². The fourth-order valence-electron chi connectivity index (χ4n) is 5.20. The number of likely N-dealkylation sites (tertiary alicyclic amines) is 4. The SMILES string of the molecule is CC(C)C.CC(C)C.CC(C)OC1CCN(C)CC1.CN1CCC(N2CCCCC2)CC1.CN1CCCCC1. The van der Waals surface area contributed by atoms with E-state index in [1.807, 2.05) is 0 Å². The van der Waals surface area contributed by atoms with Crippen LogP contribution in [0.3, 0.4) is 0 Å². The normalized spacial score (nSPS) is 22.6. The van der Waals surface area contributed by atoms with E-state index in [0.717, 1.165) is 17.9 Å². The van der Waals surface area contributed by atoms with Crippen LogP contribution in [0.15, 0.2) is 0 Å². The molecule has 39 heavy (non-hydrogen) atoms. The Morgan fingerprint density at radius 2 is 0.795 bits per heavy atom. The van der Waals surface area contributed by atoms with E-state index in [9.17, 15) is 0 Å². The number of hydrogen-bond donors (Lipinski definition) is 0. The summed E-state index contributed by atoms with van der Waals surface area (Å²) in [6, 6.07) is 0.913. The number of rotatable bonds is 3. The minimum atomic E-state index is 0.392. The largest absolute Gasteiger partial charge is 0.375 e. The van der Waals surface area contributed by atoms with Gasteiger partial charge in [-0.05, 0) is 137 Å². The van der Waals surface area contributed by atoms with Crippen LogP contribution in [0.25, 0.3) is 0 Å². The zero-order valence-electron chi connectivity index (χ0n) is 28.8. The molecule has 0 radical (unpaired) electrons. The summed E-state index contributed by atoms with van der Waals surface area (Å²) < 4.78 is 5.71. The maximum absolute atomic E-state index is 5.71. The number of piperidine rings is 4. The van der Waals surface area contributed by atoms with Crippen molar-refractivity contribution in [3.8, 4) is 0 Å². The van der Waals surface area contributed by atoms with E-state index in [1.165, 1.54) is 117 Å². The van der Waals surface area contributed by atoms with Gasteiger partial charge in [0, 0.05) is 19.1 Å². The molecule has 0 spiro atoms. The minimum absolute atomic E-state index is 0.392. The molecule has 0 bridgehead atoms. The second-order valence-corrected chi connectivity index (χ2v) is 14.1. The lowest BCUT2D eigenvalue weighted by atomic mass is 10.0. The Morgan fingerprint density at radius 3 is 1.13 bits per heavy atom. The average Bonchev–Trinajstić information content (AvgIpc) is 2.87. The highest BCUT2D eigenvalue weighted by atomic mass is 16.5. The van der Waals surface area contributed by atoms with Crippen molar-refractivity contribution in [3.05, 3.63) is 0 Å². The van der Waals surface area contributed by atoms with Gasteiger partial charge in [0.1, 0.15) is 0 Å². The van der Waals surface area contributed by atoms with Crippen molar-refractivity contribution in [1.29, 1.82) is 0 Å². The fraction of sp³-hybridized carbons (Fsp3) is 1.00. The molecule has 0 atom stereocenters. The van der Waals surface area contributed by atoms with Crippen molar-refractivity contribution in [2.75, 3.05) is 73.5 Å². The minimum Gasteiger partial charge on any atom is -0.375 e. The Hall–Kier alpha value is -0.200. The molecule has 4 aliphatic rings. The second-order valence-electron chi connectivity index (χ2n) is 14.1. The van der Waals surface area contributed by atoms with Crippen LogP contribution < -0.4 is 0 Å². The van der Waals surface area contributed by atoms with Crippen LogP contribution in [0.1, 0.15) is 120 Å². The van der Waals surface area contributed by atoms with E-state index in [-0.39, 0.29) is 0 Å². The summed E-state index contributed by atoms with van der Waals surface area (Å²) in [6.07, 6.45) is 14.7. The molecule has 0 aromatic carbocycles. The van der Waals surface area contributed by atoms with E-state index in [2.05, 4.69) is 96.1 Å². The lowest BCUT2D eigenvalue weighted by molar-refractivity contribution is -0.0232. The molecule has 0 aromatic rings. The predicted molar refractivity (Wildman–Crippen MR) is 175 cm³/mol. The van der Waals surface area contributed by atoms with Gasteiger partial charge in [-0.1, -0.05) is 54.4 Å². The zero-order valence-corrected chi connectivity index (χ0v) is 28.8. The first-order valence-electron chi connectivity index (χ1n) is 16.9. The summed E-state index contributed by atoms with van der Waals surface area (Å²) in [7, 11) is 6.61. The maximum atomic E-state index is 5.71. The third-order valence-corrected chi connectivity index (χ3v) is 7.31. The Morgan fingerprint density at radius 1 is 0.462 bits per heavy atom. The smallest absolute Gasteiger partial charge is 0.0603 e. The molecule has 4 heterocycles. The first-order chi connectivity index (χ1) is 18.4. The molecule has 0 unspecified atom stereocenters. The molecule has 236 valence electrons. The third-order valence-electron chi connectivity index (χ3n) is 7.31. The molecule has 4 aliphatic heterocycles. The Bertz CT molecular complexity index is 488. The van der Waals surface area contributed by atoms with Crippen LogP contribution >= 0.6 is 0 Å². The molecule has 0 saturated carbocycles. The van der Waals surface area contributed by atoms with Gasteiger partial charge in [0.25, 0.3) is 0 Å². The monoisotopic (exact) mass is 555 g/mol. The summed E-state index contributed by atoms with van der Waals surface area (Å²) in [5, 5.41) is 0. The topological polar surface area (TPSA) is 22.2 Å². The van der Waals surface area contributed by atoms with Crippen LogP contribution in [-0.4, -0.2) is 111 Å². The molecule has 0 aromatic heterocycles. The van der Waals surface area contributed by atoms with Gasteiger partial charge in [-0.2, -0.15) is 0 Å². The number of hydrogen-bond acceptors (Lipinski definition) is 5. The first-order valence-corrected chi connectivity index (χ1v) is 16.9. The summed E-state index contributed by atoms with van der Waals surface area (Å²) in [5.74, 6) is 1.67. The molecule has 0 amide bonds. The Balaban J connectivity index is 0.000000502. The molecule has 4 saturated heterocycles. The van der Waals surface area contributed by atoms with E-state index < -0.39 is 0 Å². The van der Waals surface area contributed by atoms with E-state index in [4.69, 9.17) is 4.74 Å². The molecule has 4 rings (SSSR count). The molecular formula is C34H74N4O. The number of nitrogens with zero attached hydrogens (tertiary/aromatic N) is 4. The van der Waals surface area contributed by atoms with Crippen LogP contribution in [0.5, 0.6) is 0 Å². The molecule has 0 N–H and O–H groups in total. The lowest BCUT2D eigenvalue weighted by Crippen LogP contribution is -2.45. The molecular weight excluding hydrogens is 480 g/mol. The van der Waals surface area contributed by atoms with Crippen molar-refractivity contribution in [2.24, 2.45) is 11.8 Å². The standard InChI is InChI=1S/C11H22N2.C9H19NO.C6H13N.2C4H10/c1-12-9-5-11(6-10-12)13-7-3-2-4-8-13;1-8(2)11-9-4-6-10(3)7-5-9;1-7-5-3-2-4-6-7;2*1-4(2)3/h11H,2-10H2,1H3;8-9H,4-7H2,1-3H3;2-6H2,1H3;2*4H,1-3H3. The summed E-state index contributed by atoms with van der Waals surface area (Å²) >= 11 is 0. The van der Waals surface area contributed by atoms with Gasteiger partial charge in [0.2, 0.25) is 0 Å². The van der Waals surface area contributed by atoms with Gasteiger partial charge in [0.05, 0.1) is 12.2 Å². The average molecular weight is 555 g/mol. The van der Waals surface area contributed by atoms with Gasteiger partial charge in [-0.15, -0.1) is 0 Å². The Labute approximate surface area is 247 Å². The van der Waals surface area contributed by atoms with Crippen molar-refractivity contribution >= 4 is 0 Å². The maximum Gasteiger partial charge on any atom is 0.0603 e. The highest BCUT2D eigenvalue weighted by molar-refractivity contribution is 4.80. The third kappa shape index (κ3) is 25.3. The first kappa shape index (κ1) is 38.8. The lowest BCUT2D eigenvalue weighted by Gasteiger charge is -2.39. The Kier molecular flexibility index (Phi) is 24.3. The molecule has 5 heteroatoms. The summed E-state index contributed by atoms with van der Waals surface area (Å²) in [6.45, 7) is 27.6. The highest BCUT2D eigenvalue weighted by Crippen LogP contribution is 2.20. The number of ether oxygens (including phenoxy) is 1. The van der Waals surface area contributed by atoms with Crippen molar-refractivity contribution in [1.82, 2.24) is 19.6 Å². The van der Waals surface area contributed by atoms with Crippen molar-refractivity contribution < 1.29 is 4.74 Å². The molecule has 0 aliphatic carbocycles. The van der Waals surface area contributed by atoms with Crippen LogP contribution in [0.4, 0.5) is 0 Å². The fourth-order valence-corrected chi connectivity index (χ4v) is 5.20. The zero-order chi connectivity index (χ0) is 29.6. The van der Waals surface area contributed by atoms with Gasteiger partial charge < -0.3 is 24.3 Å². The molecule has 4 fully saturated rings. The van der Waals surface area contributed by atoms with Crippen molar-refractivity contribution in [3.63, 3.8) is 0 Å². The van der Waals surface area contributed by atoms with Gasteiger partial charge in [-0.25, -0.2) is 0 Å². The van der Waals surface area contributed by atoms with Crippen LogP contribution in [0.2, 0.25) is 0 Å². The summed E-state index contributed by atoms with van der Waals surface area (Å²) in [4.78, 5) is 9.95. The second kappa shape index (κ2) is 24.4. The van der Waals surface area contributed by atoms with Crippen molar-refractivity contribution in [2.45, 2.75) is 138 Å². The van der Waals surface area contributed by atoms with Crippen LogP contribution in [0, 0.1) is 11.8 Å². The van der Waals surface area contributed by atoms with Crippen LogP contribution in [-0.2, 0) is 4.74 Å². The predicted octanol–water partition coefficient (Wildman–Crippen LogP) is 7.50. The summed E-state index contributed by atoms with van der Waals surface area (Å²) in [5.41, 5.74) is 0. The van der Waals surface area contributed by atoms with E-state index >= 15 is 0 Å². The van der Waals surface area contributed by atoms with E-state index in [0.29, 0.717) is 12.2 Å². The highest BCUT2D eigenvalue weighted by Gasteiger charge is 2.23. The quantitative estimate of drug-likeness (QED) is 0.359. The van der Waals surface area contributed by atoms with Gasteiger partial charge >= 0.3 is 0 Å². The van der Waals surface area contributed by atoms with Gasteiger partial charge in [-0.3, -0.25) is 0 Å². The molecule has 5 nitrogen and oxygen atoms in total. The van der Waals surface area contributed by atoms with E-state index in [1.54, 1.807) is 0 Å².